The summed E-state index contributed by atoms with van der Waals surface area (Å²) in [6, 6.07) is 3.68. The summed E-state index contributed by atoms with van der Waals surface area (Å²) in [7, 11) is 1.58. The standard InChI is InChI=1S/C12H14ClNO3/c1-17-11-4-7-2-3-8(5-12(15)16)14-10(7)6-9(11)13/h4,6,8,14H,2-3,5H2,1H3,(H,15,16). The molecular formula is C12H14ClNO3. The zero-order chi connectivity index (χ0) is 12.4. The number of carboxylic acid groups (broad SMARTS) is 1. The van der Waals surface area contributed by atoms with Crippen LogP contribution in [0.1, 0.15) is 18.4 Å². The van der Waals surface area contributed by atoms with Gasteiger partial charge in [-0.2, -0.15) is 0 Å². The summed E-state index contributed by atoms with van der Waals surface area (Å²) in [6.07, 6.45) is 1.78. The summed E-state index contributed by atoms with van der Waals surface area (Å²) in [4.78, 5) is 10.7. The number of rotatable bonds is 3. The number of aryl methyl sites for hydroxylation is 1. The second kappa shape index (κ2) is 4.84. The van der Waals surface area contributed by atoms with E-state index in [1.165, 1.54) is 0 Å². The number of aliphatic carboxylic acids is 1. The molecule has 0 aliphatic carbocycles. The largest absolute Gasteiger partial charge is 0.495 e. The zero-order valence-corrected chi connectivity index (χ0v) is 10.3. The van der Waals surface area contributed by atoms with Crippen LogP contribution in [-0.4, -0.2) is 24.2 Å². The van der Waals surface area contributed by atoms with Gasteiger partial charge in [-0.25, -0.2) is 0 Å². The highest BCUT2D eigenvalue weighted by Gasteiger charge is 2.21. The van der Waals surface area contributed by atoms with E-state index in [0.717, 1.165) is 24.1 Å². The number of carbonyl (C=O) groups is 1. The molecule has 1 heterocycles. The summed E-state index contributed by atoms with van der Waals surface area (Å²) in [5.41, 5.74) is 2.03. The highest BCUT2D eigenvalue weighted by atomic mass is 35.5. The monoisotopic (exact) mass is 255 g/mol. The third-order valence-corrected chi connectivity index (χ3v) is 3.22. The average molecular weight is 256 g/mol. The van der Waals surface area contributed by atoms with Crippen LogP contribution in [0.25, 0.3) is 0 Å². The molecule has 1 aliphatic rings. The Kier molecular flexibility index (Phi) is 3.43. The van der Waals surface area contributed by atoms with Gasteiger partial charge < -0.3 is 15.2 Å². The van der Waals surface area contributed by atoms with Crippen LogP contribution in [0, 0.1) is 0 Å². The lowest BCUT2D eigenvalue weighted by molar-refractivity contribution is -0.137. The van der Waals surface area contributed by atoms with Gasteiger partial charge in [-0.3, -0.25) is 4.79 Å². The van der Waals surface area contributed by atoms with Gasteiger partial charge in [0.25, 0.3) is 0 Å². The Morgan fingerprint density at radius 1 is 1.65 bits per heavy atom. The van der Waals surface area contributed by atoms with E-state index in [0.29, 0.717) is 10.8 Å². The molecule has 0 aromatic heterocycles. The molecule has 0 spiro atoms. The normalized spacial score (nSPS) is 18.1. The molecule has 0 fully saturated rings. The first kappa shape index (κ1) is 12.0. The van der Waals surface area contributed by atoms with E-state index < -0.39 is 5.97 Å². The predicted octanol–water partition coefficient (Wildman–Crippen LogP) is 2.55. The van der Waals surface area contributed by atoms with Gasteiger partial charge in [-0.05, 0) is 30.5 Å². The lowest BCUT2D eigenvalue weighted by Gasteiger charge is -2.26. The van der Waals surface area contributed by atoms with E-state index in [4.69, 9.17) is 21.4 Å². The molecule has 0 bridgehead atoms. The van der Waals surface area contributed by atoms with Gasteiger partial charge in [0.2, 0.25) is 0 Å². The maximum absolute atomic E-state index is 10.7. The van der Waals surface area contributed by atoms with Crippen molar-refractivity contribution >= 4 is 23.3 Å². The molecular weight excluding hydrogens is 242 g/mol. The molecule has 1 aromatic carbocycles. The summed E-state index contributed by atoms with van der Waals surface area (Å²) in [5, 5.41) is 12.5. The van der Waals surface area contributed by atoms with Crippen molar-refractivity contribution < 1.29 is 14.6 Å². The Labute approximate surface area is 105 Å². The first-order valence-electron chi connectivity index (χ1n) is 5.45. The van der Waals surface area contributed by atoms with Gasteiger partial charge in [0.1, 0.15) is 5.75 Å². The minimum atomic E-state index is -0.787. The number of halogens is 1. The maximum atomic E-state index is 10.7. The number of benzene rings is 1. The molecule has 2 rings (SSSR count). The quantitative estimate of drug-likeness (QED) is 0.872. The van der Waals surface area contributed by atoms with Crippen LogP contribution in [0.2, 0.25) is 5.02 Å². The lowest BCUT2D eigenvalue weighted by Crippen LogP contribution is -2.28. The van der Waals surface area contributed by atoms with Crippen molar-refractivity contribution in [2.45, 2.75) is 25.3 Å². The van der Waals surface area contributed by atoms with E-state index in [-0.39, 0.29) is 12.5 Å². The summed E-state index contributed by atoms with van der Waals surface area (Å²) < 4.78 is 5.15. The summed E-state index contributed by atoms with van der Waals surface area (Å²) in [5.74, 6) is -0.130. The summed E-state index contributed by atoms with van der Waals surface area (Å²) in [6.45, 7) is 0. The van der Waals surface area contributed by atoms with Crippen LogP contribution in [-0.2, 0) is 11.2 Å². The number of methoxy groups -OCH3 is 1. The number of hydrogen-bond acceptors (Lipinski definition) is 3. The second-order valence-corrected chi connectivity index (χ2v) is 4.53. The predicted molar refractivity (Wildman–Crippen MR) is 66.0 cm³/mol. The van der Waals surface area contributed by atoms with Crippen molar-refractivity contribution in [3.05, 3.63) is 22.7 Å². The first-order chi connectivity index (χ1) is 8.10. The first-order valence-corrected chi connectivity index (χ1v) is 5.82. The average Bonchev–Trinajstić information content (AvgIpc) is 2.27. The molecule has 4 nitrogen and oxygen atoms in total. The fraction of sp³-hybridized carbons (Fsp3) is 0.417. The van der Waals surface area contributed by atoms with Crippen LogP contribution in [0.15, 0.2) is 12.1 Å². The SMILES string of the molecule is COc1cc2c(cc1Cl)NC(CC(=O)O)CC2. The van der Waals surface area contributed by atoms with Crippen LogP contribution < -0.4 is 10.1 Å². The van der Waals surface area contributed by atoms with Crippen molar-refractivity contribution in [1.29, 1.82) is 0 Å². The van der Waals surface area contributed by atoms with Crippen molar-refractivity contribution in [3.63, 3.8) is 0 Å². The molecule has 5 heteroatoms. The molecule has 2 N–H and O–H groups in total. The van der Waals surface area contributed by atoms with Crippen LogP contribution >= 0.6 is 11.6 Å². The van der Waals surface area contributed by atoms with E-state index in [2.05, 4.69) is 5.32 Å². The third-order valence-electron chi connectivity index (χ3n) is 2.92. The Morgan fingerprint density at radius 3 is 3.06 bits per heavy atom. The number of nitrogens with one attached hydrogen (secondary N) is 1. The van der Waals surface area contributed by atoms with E-state index in [1.54, 1.807) is 13.2 Å². The molecule has 0 amide bonds. The number of carboxylic acids is 1. The van der Waals surface area contributed by atoms with Gasteiger partial charge >= 0.3 is 5.97 Å². The minimum absolute atomic E-state index is 0.0236. The van der Waals surface area contributed by atoms with Gasteiger partial charge in [0.05, 0.1) is 18.6 Å². The fourth-order valence-electron chi connectivity index (χ4n) is 2.08. The van der Waals surface area contributed by atoms with Crippen LogP contribution in [0.5, 0.6) is 5.75 Å². The number of hydrogen-bond donors (Lipinski definition) is 2. The number of fused-ring (bicyclic) bond motifs is 1. The Morgan fingerprint density at radius 2 is 2.41 bits per heavy atom. The Bertz CT molecular complexity index is 448. The van der Waals surface area contributed by atoms with Gasteiger partial charge in [-0.15, -0.1) is 0 Å². The number of ether oxygens (including phenoxy) is 1. The van der Waals surface area contributed by atoms with E-state index in [1.807, 2.05) is 6.07 Å². The molecule has 0 saturated heterocycles. The van der Waals surface area contributed by atoms with Crippen molar-refractivity contribution in [2.24, 2.45) is 0 Å². The Balaban J connectivity index is 2.21. The highest BCUT2D eigenvalue weighted by Crippen LogP contribution is 2.35. The molecule has 1 unspecified atom stereocenters. The second-order valence-electron chi connectivity index (χ2n) is 4.12. The molecule has 92 valence electrons. The van der Waals surface area contributed by atoms with Gasteiger partial charge in [0.15, 0.2) is 0 Å². The smallest absolute Gasteiger partial charge is 0.305 e. The fourth-order valence-corrected chi connectivity index (χ4v) is 2.32. The van der Waals surface area contributed by atoms with Gasteiger partial charge in [-0.1, -0.05) is 11.6 Å². The molecule has 1 aromatic rings. The Hall–Kier alpha value is -1.42. The molecule has 0 radical (unpaired) electrons. The zero-order valence-electron chi connectivity index (χ0n) is 9.50. The molecule has 1 atom stereocenters. The van der Waals surface area contributed by atoms with Crippen molar-refractivity contribution in [3.8, 4) is 5.75 Å². The number of anilines is 1. The van der Waals surface area contributed by atoms with Crippen LogP contribution in [0.4, 0.5) is 5.69 Å². The third kappa shape index (κ3) is 2.64. The van der Waals surface area contributed by atoms with Crippen molar-refractivity contribution in [2.75, 3.05) is 12.4 Å². The topological polar surface area (TPSA) is 58.6 Å². The highest BCUT2D eigenvalue weighted by molar-refractivity contribution is 6.32. The van der Waals surface area contributed by atoms with Crippen molar-refractivity contribution in [1.82, 2.24) is 0 Å². The maximum Gasteiger partial charge on any atom is 0.305 e. The summed E-state index contributed by atoms with van der Waals surface area (Å²) >= 11 is 6.03. The molecule has 17 heavy (non-hydrogen) atoms. The van der Waals surface area contributed by atoms with E-state index in [9.17, 15) is 4.79 Å². The van der Waals surface area contributed by atoms with Gasteiger partial charge in [0, 0.05) is 11.7 Å². The molecule has 1 aliphatic heterocycles. The van der Waals surface area contributed by atoms with E-state index >= 15 is 0 Å². The molecule has 0 saturated carbocycles. The lowest BCUT2D eigenvalue weighted by atomic mass is 9.96. The van der Waals surface area contributed by atoms with Crippen LogP contribution in [0.3, 0.4) is 0 Å². The minimum Gasteiger partial charge on any atom is -0.495 e.